The summed E-state index contributed by atoms with van der Waals surface area (Å²) in [7, 11) is 0. The molecule has 0 saturated carbocycles. The molecule has 0 unspecified atom stereocenters. The zero-order chi connectivity index (χ0) is 12.5. The van der Waals surface area contributed by atoms with Crippen molar-refractivity contribution in [2.24, 2.45) is 0 Å². The molecule has 94 valence electrons. The summed E-state index contributed by atoms with van der Waals surface area (Å²) in [5, 5.41) is 3.02. The van der Waals surface area contributed by atoms with Crippen LogP contribution in [0.1, 0.15) is 5.56 Å². The summed E-state index contributed by atoms with van der Waals surface area (Å²) in [6, 6.07) is 3.07. The van der Waals surface area contributed by atoms with Gasteiger partial charge >= 0.3 is 6.18 Å². The number of para-hydroxylation sites is 1. The number of piperazine rings is 1. The number of anilines is 1. The van der Waals surface area contributed by atoms with Crippen LogP contribution in [0.15, 0.2) is 18.2 Å². The van der Waals surface area contributed by atoms with Gasteiger partial charge in [0.25, 0.3) is 0 Å². The molecule has 2 nitrogen and oxygen atoms in total. The van der Waals surface area contributed by atoms with Crippen molar-refractivity contribution in [3.8, 4) is 0 Å². The summed E-state index contributed by atoms with van der Waals surface area (Å²) in [5.74, 6) is -0.818. The van der Waals surface area contributed by atoms with E-state index < -0.39 is 17.6 Å². The van der Waals surface area contributed by atoms with Crippen LogP contribution >= 0.6 is 0 Å². The number of benzene rings is 1. The number of alkyl halides is 3. The molecule has 1 saturated heterocycles. The van der Waals surface area contributed by atoms with E-state index in [4.69, 9.17) is 0 Å². The van der Waals surface area contributed by atoms with Gasteiger partial charge < -0.3 is 10.2 Å². The molecule has 1 aliphatic rings. The highest BCUT2D eigenvalue weighted by molar-refractivity contribution is 5.56. The van der Waals surface area contributed by atoms with E-state index in [0.29, 0.717) is 26.2 Å². The molecular weight excluding hydrogens is 236 g/mol. The highest BCUT2D eigenvalue weighted by Gasteiger charge is 2.36. The highest BCUT2D eigenvalue weighted by Crippen LogP contribution is 2.38. The third-order valence-electron chi connectivity index (χ3n) is 2.73. The predicted molar refractivity (Wildman–Crippen MR) is 56.5 cm³/mol. The molecule has 1 heterocycles. The van der Waals surface area contributed by atoms with Crippen molar-refractivity contribution in [1.29, 1.82) is 0 Å². The maximum absolute atomic E-state index is 13.6. The van der Waals surface area contributed by atoms with Crippen LogP contribution in [0.4, 0.5) is 23.2 Å². The van der Waals surface area contributed by atoms with E-state index in [1.807, 2.05) is 0 Å². The lowest BCUT2D eigenvalue weighted by Gasteiger charge is -2.31. The first kappa shape index (κ1) is 12.2. The number of rotatable bonds is 1. The number of hydrogen-bond acceptors (Lipinski definition) is 2. The molecule has 1 N–H and O–H groups in total. The van der Waals surface area contributed by atoms with Gasteiger partial charge in [-0.1, -0.05) is 6.07 Å². The Morgan fingerprint density at radius 2 is 1.76 bits per heavy atom. The molecular formula is C11H12F4N2. The van der Waals surface area contributed by atoms with Crippen LogP contribution in [0, 0.1) is 5.82 Å². The Balaban J connectivity index is 2.43. The maximum atomic E-state index is 13.6. The lowest BCUT2D eigenvalue weighted by Crippen LogP contribution is -2.44. The molecule has 6 heteroatoms. The first-order valence-electron chi connectivity index (χ1n) is 5.31. The lowest BCUT2D eigenvalue weighted by atomic mass is 10.1. The van der Waals surface area contributed by atoms with Crippen LogP contribution in [0.25, 0.3) is 0 Å². The summed E-state index contributed by atoms with van der Waals surface area (Å²) < 4.78 is 51.9. The summed E-state index contributed by atoms with van der Waals surface area (Å²) >= 11 is 0. The van der Waals surface area contributed by atoms with Gasteiger partial charge in [0.1, 0.15) is 5.82 Å². The van der Waals surface area contributed by atoms with E-state index in [1.54, 1.807) is 0 Å². The zero-order valence-electron chi connectivity index (χ0n) is 9.02. The monoisotopic (exact) mass is 248 g/mol. The molecule has 17 heavy (non-hydrogen) atoms. The van der Waals surface area contributed by atoms with E-state index in [2.05, 4.69) is 5.32 Å². The molecule has 0 spiro atoms. The van der Waals surface area contributed by atoms with Crippen molar-refractivity contribution in [3.63, 3.8) is 0 Å². The standard InChI is InChI=1S/C11H12F4N2/c12-9-3-1-2-8(11(13,14)15)10(9)17-6-4-16-5-7-17/h1-3,16H,4-7H2. The van der Waals surface area contributed by atoms with Gasteiger partial charge in [0, 0.05) is 26.2 Å². The fraction of sp³-hybridized carbons (Fsp3) is 0.455. The molecule has 0 aliphatic carbocycles. The van der Waals surface area contributed by atoms with Crippen molar-refractivity contribution < 1.29 is 17.6 Å². The molecule has 0 bridgehead atoms. The van der Waals surface area contributed by atoms with Crippen LogP contribution in [0.3, 0.4) is 0 Å². The molecule has 0 radical (unpaired) electrons. The second-order valence-electron chi connectivity index (χ2n) is 3.87. The van der Waals surface area contributed by atoms with Crippen LogP contribution < -0.4 is 10.2 Å². The lowest BCUT2D eigenvalue weighted by molar-refractivity contribution is -0.137. The molecule has 1 aromatic carbocycles. The van der Waals surface area contributed by atoms with Crippen LogP contribution in [0.2, 0.25) is 0 Å². The van der Waals surface area contributed by atoms with Gasteiger partial charge in [0.2, 0.25) is 0 Å². The summed E-state index contributed by atoms with van der Waals surface area (Å²) in [5.41, 5.74) is -1.24. The number of halogens is 4. The molecule has 2 rings (SSSR count). The Labute approximate surface area is 96.2 Å². The third kappa shape index (κ3) is 2.52. The van der Waals surface area contributed by atoms with Crippen molar-refractivity contribution in [1.82, 2.24) is 5.32 Å². The first-order valence-corrected chi connectivity index (χ1v) is 5.31. The normalized spacial score (nSPS) is 17.3. The van der Waals surface area contributed by atoms with Gasteiger partial charge in [-0.15, -0.1) is 0 Å². The number of nitrogens with one attached hydrogen (secondary N) is 1. The molecule has 1 aromatic rings. The maximum Gasteiger partial charge on any atom is 0.418 e. The first-order chi connectivity index (χ1) is 8.00. The summed E-state index contributed by atoms with van der Waals surface area (Å²) in [4.78, 5) is 1.44. The van der Waals surface area contributed by atoms with E-state index in [9.17, 15) is 17.6 Å². The predicted octanol–water partition coefficient (Wildman–Crippen LogP) is 2.25. The second kappa shape index (κ2) is 4.52. The van der Waals surface area contributed by atoms with E-state index in [0.717, 1.165) is 18.2 Å². The molecule has 0 atom stereocenters. The van der Waals surface area contributed by atoms with Crippen LogP contribution in [0.5, 0.6) is 0 Å². The number of nitrogens with zero attached hydrogens (tertiary/aromatic N) is 1. The molecule has 1 fully saturated rings. The second-order valence-corrected chi connectivity index (χ2v) is 3.87. The zero-order valence-corrected chi connectivity index (χ0v) is 9.02. The van der Waals surface area contributed by atoms with Gasteiger partial charge in [-0.3, -0.25) is 0 Å². The Kier molecular flexibility index (Phi) is 3.24. The summed E-state index contributed by atoms with van der Waals surface area (Å²) in [6.45, 7) is 1.88. The van der Waals surface area contributed by atoms with Crippen molar-refractivity contribution in [2.45, 2.75) is 6.18 Å². The van der Waals surface area contributed by atoms with Gasteiger partial charge in [-0.2, -0.15) is 13.2 Å². The van der Waals surface area contributed by atoms with Gasteiger partial charge in [0.05, 0.1) is 11.3 Å². The van der Waals surface area contributed by atoms with Crippen LogP contribution in [-0.2, 0) is 6.18 Å². The van der Waals surface area contributed by atoms with E-state index in [-0.39, 0.29) is 5.69 Å². The quantitative estimate of drug-likeness (QED) is 0.767. The Morgan fingerprint density at radius 1 is 1.12 bits per heavy atom. The van der Waals surface area contributed by atoms with Crippen molar-refractivity contribution in [3.05, 3.63) is 29.6 Å². The summed E-state index contributed by atoms with van der Waals surface area (Å²) in [6.07, 6.45) is -4.53. The molecule has 1 aliphatic heterocycles. The Morgan fingerprint density at radius 3 is 2.35 bits per heavy atom. The van der Waals surface area contributed by atoms with Gasteiger partial charge in [-0.05, 0) is 12.1 Å². The van der Waals surface area contributed by atoms with Crippen molar-refractivity contribution in [2.75, 3.05) is 31.1 Å². The highest BCUT2D eigenvalue weighted by atomic mass is 19.4. The Bertz CT molecular complexity index is 397. The van der Waals surface area contributed by atoms with Gasteiger partial charge in [0.15, 0.2) is 0 Å². The van der Waals surface area contributed by atoms with E-state index in [1.165, 1.54) is 4.90 Å². The smallest absolute Gasteiger partial charge is 0.366 e. The average Bonchev–Trinajstić information content (AvgIpc) is 2.28. The minimum Gasteiger partial charge on any atom is -0.366 e. The third-order valence-corrected chi connectivity index (χ3v) is 2.73. The fourth-order valence-corrected chi connectivity index (χ4v) is 1.95. The minimum absolute atomic E-state index is 0.332. The van der Waals surface area contributed by atoms with Crippen molar-refractivity contribution >= 4 is 5.69 Å². The SMILES string of the molecule is Fc1cccc(C(F)(F)F)c1N1CCNCC1. The molecule has 0 amide bonds. The topological polar surface area (TPSA) is 15.3 Å². The molecule has 0 aromatic heterocycles. The average molecular weight is 248 g/mol. The van der Waals surface area contributed by atoms with Crippen LogP contribution in [-0.4, -0.2) is 26.2 Å². The number of hydrogen-bond donors (Lipinski definition) is 1. The largest absolute Gasteiger partial charge is 0.418 e. The minimum atomic E-state index is -4.53. The van der Waals surface area contributed by atoms with E-state index >= 15 is 0 Å². The Hall–Kier alpha value is -1.30. The fourth-order valence-electron chi connectivity index (χ4n) is 1.95. The van der Waals surface area contributed by atoms with Gasteiger partial charge in [-0.25, -0.2) is 4.39 Å².